The number of aliphatic hydroxyl groups excluding tert-OH is 1. The summed E-state index contributed by atoms with van der Waals surface area (Å²) in [6, 6.07) is 0. The number of carbonyl (C=O) groups is 1. The first-order valence-electron chi connectivity index (χ1n) is 1.30. The first-order valence-corrected chi connectivity index (χ1v) is 1.30. The SMILES string of the molecule is NC(=O)OCO. The number of nitrogens with two attached hydrogens (primary N) is 1. The molecule has 0 heterocycles. The second-order valence-corrected chi connectivity index (χ2v) is 0.592. The van der Waals surface area contributed by atoms with Crippen LogP contribution in [0.4, 0.5) is 4.79 Å². The van der Waals surface area contributed by atoms with E-state index in [1.54, 1.807) is 0 Å². The molecule has 0 radical (unpaired) electrons. The summed E-state index contributed by atoms with van der Waals surface area (Å²) in [6.45, 7) is -0.644. The van der Waals surface area contributed by atoms with Crippen LogP contribution >= 0.6 is 0 Å². The lowest BCUT2D eigenvalue weighted by molar-refractivity contribution is 0.0500. The highest BCUT2D eigenvalue weighted by molar-refractivity contribution is 5.64. The Kier molecular flexibility index (Phi) is 2.15. The maximum Gasteiger partial charge on any atom is 0.406 e. The standard InChI is InChI=1S/C2H5NO3/c3-2(5)6-1-4/h4H,1H2,(H2,3,5). The van der Waals surface area contributed by atoms with Crippen molar-refractivity contribution in [1.82, 2.24) is 0 Å². The van der Waals surface area contributed by atoms with E-state index in [2.05, 4.69) is 10.5 Å². The average molecular weight is 91.1 g/mol. The zero-order valence-electron chi connectivity index (χ0n) is 3.05. The zero-order chi connectivity index (χ0) is 4.99. The molecule has 1 amide bonds. The number of ether oxygens (including phenoxy) is 1. The Balaban J connectivity index is 2.83. The van der Waals surface area contributed by atoms with Crippen molar-refractivity contribution in [3.63, 3.8) is 0 Å². The first kappa shape index (κ1) is 5.23. The maximum atomic E-state index is 9.44. The predicted molar refractivity (Wildman–Crippen MR) is 17.8 cm³/mol. The number of hydrogen-bond donors (Lipinski definition) is 2. The third kappa shape index (κ3) is 3.23. The Morgan fingerprint density at radius 1 is 2.00 bits per heavy atom. The Hall–Kier alpha value is -0.770. The molecule has 36 valence electrons. The van der Waals surface area contributed by atoms with E-state index in [-0.39, 0.29) is 0 Å². The third-order valence-corrected chi connectivity index (χ3v) is 0.207. The van der Waals surface area contributed by atoms with E-state index in [4.69, 9.17) is 5.11 Å². The van der Waals surface area contributed by atoms with Gasteiger partial charge in [-0.15, -0.1) is 0 Å². The monoisotopic (exact) mass is 91.0 g/mol. The normalized spacial score (nSPS) is 7.50. The second kappa shape index (κ2) is 2.47. The van der Waals surface area contributed by atoms with Crippen LogP contribution in [0.2, 0.25) is 0 Å². The van der Waals surface area contributed by atoms with Crippen LogP contribution in [0.5, 0.6) is 0 Å². The minimum atomic E-state index is -0.961. The molecule has 0 saturated heterocycles. The van der Waals surface area contributed by atoms with Crippen molar-refractivity contribution in [2.75, 3.05) is 6.79 Å². The molecule has 0 aromatic carbocycles. The fourth-order valence-electron chi connectivity index (χ4n) is 0.0636. The molecule has 0 fully saturated rings. The minimum absolute atomic E-state index is 0.644. The van der Waals surface area contributed by atoms with Crippen molar-refractivity contribution >= 4 is 6.09 Å². The van der Waals surface area contributed by atoms with E-state index in [1.165, 1.54) is 0 Å². The molecule has 0 aliphatic rings. The Labute approximate surface area is 34.5 Å². The summed E-state index contributed by atoms with van der Waals surface area (Å²) < 4.78 is 3.74. The van der Waals surface area contributed by atoms with Gasteiger partial charge in [-0.2, -0.15) is 0 Å². The molecule has 0 bridgehead atoms. The molecule has 0 aromatic heterocycles. The van der Waals surface area contributed by atoms with Gasteiger partial charge in [0.2, 0.25) is 0 Å². The summed E-state index contributed by atoms with van der Waals surface area (Å²) >= 11 is 0. The summed E-state index contributed by atoms with van der Waals surface area (Å²) in [7, 11) is 0. The van der Waals surface area contributed by atoms with Crippen LogP contribution in [0.25, 0.3) is 0 Å². The van der Waals surface area contributed by atoms with Crippen LogP contribution in [0.1, 0.15) is 0 Å². The molecule has 4 heteroatoms. The Bertz CT molecular complexity index is 52.8. The third-order valence-electron chi connectivity index (χ3n) is 0.207. The largest absolute Gasteiger partial charge is 0.423 e. The van der Waals surface area contributed by atoms with Gasteiger partial charge in [0.1, 0.15) is 0 Å². The summed E-state index contributed by atoms with van der Waals surface area (Å²) in [5, 5.41) is 7.71. The summed E-state index contributed by atoms with van der Waals surface area (Å²) in [6.07, 6.45) is -0.961. The van der Waals surface area contributed by atoms with E-state index >= 15 is 0 Å². The number of hydrogen-bond acceptors (Lipinski definition) is 3. The van der Waals surface area contributed by atoms with Crippen LogP contribution in [0.15, 0.2) is 0 Å². The van der Waals surface area contributed by atoms with Gasteiger partial charge >= 0.3 is 6.09 Å². The smallest absolute Gasteiger partial charge is 0.406 e. The van der Waals surface area contributed by atoms with Crippen molar-refractivity contribution in [3.05, 3.63) is 0 Å². The van der Waals surface area contributed by atoms with Gasteiger partial charge in [-0.3, -0.25) is 0 Å². The van der Waals surface area contributed by atoms with Crippen molar-refractivity contribution < 1.29 is 14.6 Å². The van der Waals surface area contributed by atoms with Crippen molar-refractivity contribution in [3.8, 4) is 0 Å². The average Bonchev–Trinajstić information content (AvgIpc) is 1.35. The lowest BCUT2D eigenvalue weighted by Crippen LogP contribution is -2.12. The minimum Gasteiger partial charge on any atom is -0.423 e. The predicted octanol–water partition coefficient (Wildman–Crippen LogP) is -0.969. The van der Waals surface area contributed by atoms with E-state index < -0.39 is 12.9 Å². The molecule has 0 aromatic rings. The van der Waals surface area contributed by atoms with Crippen molar-refractivity contribution in [2.45, 2.75) is 0 Å². The van der Waals surface area contributed by atoms with Crippen LogP contribution in [0.3, 0.4) is 0 Å². The topological polar surface area (TPSA) is 72.6 Å². The summed E-state index contributed by atoms with van der Waals surface area (Å²) in [5.41, 5.74) is 4.38. The van der Waals surface area contributed by atoms with Gasteiger partial charge in [-0.05, 0) is 0 Å². The van der Waals surface area contributed by atoms with Gasteiger partial charge in [-0.1, -0.05) is 0 Å². The fraction of sp³-hybridized carbons (Fsp3) is 0.500. The Morgan fingerprint density at radius 2 is 2.50 bits per heavy atom. The highest BCUT2D eigenvalue weighted by atomic mass is 16.6. The molecule has 0 saturated carbocycles. The summed E-state index contributed by atoms with van der Waals surface area (Å²) in [5.74, 6) is 0. The van der Waals surface area contributed by atoms with E-state index in [1.807, 2.05) is 0 Å². The molecule has 4 nitrogen and oxygen atoms in total. The molecule has 6 heavy (non-hydrogen) atoms. The molecule has 0 spiro atoms. The van der Waals surface area contributed by atoms with Crippen LogP contribution < -0.4 is 5.73 Å². The maximum absolute atomic E-state index is 9.44. The van der Waals surface area contributed by atoms with Gasteiger partial charge in [-0.25, -0.2) is 4.79 Å². The van der Waals surface area contributed by atoms with Gasteiger partial charge in [0.05, 0.1) is 0 Å². The molecule has 0 rings (SSSR count). The van der Waals surface area contributed by atoms with Crippen LogP contribution in [0, 0.1) is 0 Å². The van der Waals surface area contributed by atoms with E-state index in [0.717, 1.165) is 0 Å². The van der Waals surface area contributed by atoms with Gasteiger partial charge in [0, 0.05) is 0 Å². The summed E-state index contributed by atoms with van der Waals surface area (Å²) in [4.78, 5) is 9.44. The molecule has 0 atom stereocenters. The first-order chi connectivity index (χ1) is 2.77. The quantitative estimate of drug-likeness (QED) is 0.408. The lowest BCUT2D eigenvalue weighted by atomic mass is 11.2. The molecule has 0 unspecified atom stereocenters. The van der Waals surface area contributed by atoms with Crippen molar-refractivity contribution in [2.24, 2.45) is 5.73 Å². The molecular formula is C2H5NO3. The highest BCUT2D eigenvalue weighted by Gasteiger charge is 1.83. The van der Waals surface area contributed by atoms with Gasteiger partial charge in [0.15, 0.2) is 6.79 Å². The zero-order valence-corrected chi connectivity index (χ0v) is 3.05. The fourth-order valence-corrected chi connectivity index (χ4v) is 0.0636. The molecule has 0 aliphatic carbocycles. The number of rotatable bonds is 1. The van der Waals surface area contributed by atoms with Crippen molar-refractivity contribution in [1.29, 1.82) is 0 Å². The molecule has 3 N–H and O–H groups in total. The number of aliphatic hydroxyl groups is 1. The van der Waals surface area contributed by atoms with E-state index in [0.29, 0.717) is 0 Å². The molecular weight excluding hydrogens is 86.0 g/mol. The van der Waals surface area contributed by atoms with Gasteiger partial charge < -0.3 is 15.6 Å². The van der Waals surface area contributed by atoms with Crippen LogP contribution in [-0.2, 0) is 4.74 Å². The number of amides is 1. The number of primary amides is 1. The Morgan fingerprint density at radius 3 is 2.50 bits per heavy atom. The number of carbonyl (C=O) groups excluding carboxylic acids is 1. The highest BCUT2D eigenvalue weighted by Crippen LogP contribution is 1.62. The lowest BCUT2D eigenvalue weighted by Gasteiger charge is -1.88. The molecule has 0 aliphatic heterocycles. The van der Waals surface area contributed by atoms with Gasteiger partial charge in [0.25, 0.3) is 0 Å². The second-order valence-electron chi connectivity index (χ2n) is 0.592. The van der Waals surface area contributed by atoms with E-state index in [9.17, 15) is 4.79 Å². The van der Waals surface area contributed by atoms with Crippen LogP contribution in [-0.4, -0.2) is 18.0 Å².